The van der Waals surface area contributed by atoms with Crippen molar-refractivity contribution < 1.29 is 27.7 Å². The molecule has 1 aliphatic carbocycles. The first-order valence-electron chi connectivity index (χ1n) is 9.23. The van der Waals surface area contributed by atoms with Crippen molar-refractivity contribution in [3.8, 4) is 0 Å². The van der Waals surface area contributed by atoms with Crippen molar-refractivity contribution in [3.05, 3.63) is 29.6 Å². The van der Waals surface area contributed by atoms with Gasteiger partial charge in [-0.15, -0.1) is 0 Å². The minimum atomic E-state index is -1.64. The van der Waals surface area contributed by atoms with Crippen molar-refractivity contribution in [2.45, 2.75) is 39.2 Å². The van der Waals surface area contributed by atoms with Gasteiger partial charge in [0, 0.05) is 6.04 Å². The number of likely N-dealkylation sites (N-methyl/N-ethyl adjacent to an activating group) is 1. The second-order valence-electron chi connectivity index (χ2n) is 7.52. The maximum absolute atomic E-state index is 13.6. The lowest BCUT2D eigenvalue weighted by atomic mass is 9.78. The number of halogens is 3. The van der Waals surface area contributed by atoms with Crippen LogP contribution in [0.25, 0.3) is 0 Å². The van der Waals surface area contributed by atoms with E-state index < -0.39 is 29.0 Å². The lowest BCUT2D eigenvalue weighted by Crippen LogP contribution is -3.11. The Bertz CT molecular complexity index is 699. The summed E-state index contributed by atoms with van der Waals surface area (Å²) < 4.78 is 39.7. The maximum atomic E-state index is 13.6. The largest absolute Gasteiger partial charge is 0.348 e. The monoisotopic (exact) mass is 386 g/mol. The molecule has 0 saturated heterocycles. The molecule has 3 N–H and O–H groups in total. The van der Waals surface area contributed by atoms with Crippen molar-refractivity contribution in [2.75, 3.05) is 25.5 Å². The lowest BCUT2D eigenvalue weighted by molar-refractivity contribution is -0.862. The number of rotatable bonds is 6. The maximum Gasteiger partial charge on any atom is 0.279 e. The molecular formula is C19H27F3N3O2+. The number of benzene rings is 1. The second kappa shape index (κ2) is 9.21. The highest BCUT2D eigenvalue weighted by atomic mass is 19.2. The number of nitrogens with one attached hydrogen (secondary N) is 3. The fourth-order valence-corrected chi connectivity index (χ4v) is 3.47. The van der Waals surface area contributed by atoms with Crippen molar-refractivity contribution in [1.29, 1.82) is 0 Å². The third-order valence-corrected chi connectivity index (χ3v) is 5.29. The molecule has 1 aliphatic rings. The topological polar surface area (TPSA) is 62.6 Å². The number of anilines is 1. The smallest absolute Gasteiger partial charge is 0.279 e. The highest BCUT2D eigenvalue weighted by Crippen LogP contribution is 2.29. The number of quaternary nitrogens is 1. The van der Waals surface area contributed by atoms with Gasteiger partial charge >= 0.3 is 0 Å². The molecule has 0 radical (unpaired) electrons. The molecule has 27 heavy (non-hydrogen) atoms. The van der Waals surface area contributed by atoms with E-state index in [2.05, 4.69) is 24.5 Å². The molecule has 0 aliphatic heterocycles. The van der Waals surface area contributed by atoms with Gasteiger partial charge in [0.25, 0.3) is 11.8 Å². The van der Waals surface area contributed by atoms with Crippen LogP contribution in [0.1, 0.15) is 33.1 Å². The van der Waals surface area contributed by atoms with E-state index in [1.165, 1.54) is 6.42 Å². The van der Waals surface area contributed by atoms with Gasteiger partial charge in [0.15, 0.2) is 30.5 Å². The Labute approximate surface area is 157 Å². The van der Waals surface area contributed by atoms with E-state index in [0.29, 0.717) is 16.7 Å². The van der Waals surface area contributed by atoms with Crippen LogP contribution in [-0.4, -0.2) is 38.0 Å². The molecule has 1 unspecified atom stereocenters. The van der Waals surface area contributed by atoms with E-state index in [0.717, 1.165) is 25.0 Å². The summed E-state index contributed by atoms with van der Waals surface area (Å²) in [5.41, 5.74) is -0.429. The van der Waals surface area contributed by atoms with E-state index in [1.807, 2.05) is 0 Å². The number of amides is 2. The van der Waals surface area contributed by atoms with Crippen LogP contribution in [-0.2, 0) is 9.59 Å². The number of hydrogen-bond donors (Lipinski definition) is 3. The van der Waals surface area contributed by atoms with E-state index in [9.17, 15) is 22.8 Å². The molecule has 2 rings (SSSR count). The SMILES string of the molecule is C[C@@H]1[C@@H](C)CCC[C@H]1NC(=O)C[NH+](C)CC(=O)Nc1ccc(F)c(F)c1F. The summed E-state index contributed by atoms with van der Waals surface area (Å²) in [4.78, 5) is 24.8. The first-order chi connectivity index (χ1) is 12.7. The minimum absolute atomic E-state index is 0.0886. The molecule has 4 atom stereocenters. The Balaban J connectivity index is 1.82. The van der Waals surface area contributed by atoms with Crippen molar-refractivity contribution >= 4 is 17.5 Å². The molecule has 1 fully saturated rings. The van der Waals surface area contributed by atoms with Crippen LogP contribution in [0.15, 0.2) is 12.1 Å². The molecule has 150 valence electrons. The van der Waals surface area contributed by atoms with E-state index >= 15 is 0 Å². The van der Waals surface area contributed by atoms with Gasteiger partial charge < -0.3 is 15.5 Å². The first kappa shape index (κ1) is 21.2. The van der Waals surface area contributed by atoms with Gasteiger partial charge in [0.2, 0.25) is 0 Å². The summed E-state index contributed by atoms with van der Waals surface area (Å²) >= 11 is 0. The van der Waals surface area contributed by atoms with Gasteiger partial charge in [-0.1, -0.05) is 26.7 Å². The second-order valence-corrected chi connectivity index (χ2v) is 7.52. The average molecular weight is 386 g/mol. The molecule has 1 aromatic carbocycles. The fourth-order valence-electron chi connectivity index (χ4n) is 3.47. The van der Waals surface area contributed by atoms with E-state index in [-0.39, 0.29) is 25.0 Å². The zero-order valence-corrected chi connectivity index (χ0v) is 15.9. The van der Waals surface area contributed by atoms with E-state index in [4.69, 9.17) is 0 Å². The molecule has 0 spiro atoms. The Kier molecular flexibility index (Phi) is 7.24. The third kappa shape index (κ3) is 5.69. The molecule has 8 heteroatoms. The lowest BCUT2D eigenvalue weighted by Gasteiger charge is -2.34. The average Bonchev–Trinajstić information content (AvgIpc) is 2.59. The molecule has 0 aromatic heterocycles. The quantitative estimate of drug-likeness (QED) is 0.649. The normalized spacial score (nSPS) is 23.6. The Hall–Kier alpha value is -2.09. The minimum Gasteiger partial charge on any atom is -0.348 e. The standard InChI is InChI=1S/C19H26F3N3O2/c1-11-5-4-6-14(12(11)2)23-16(26)9-25(3)10-17(27)24-15-8-7-13(20)18(21)19(15)22/h7-8,11-12,14H,4-6,9-10H2,1-3H3,(H,23,26)(H,24,27)/p+1/t11-,12+,14+/m0/s1. The third-order valence-electron chi connectivity index (χ3n) is 5.29. The zero-order valence-electron chi connectivity index (χ0n) is 15.9. The van der Waals surface area contributed by atoms with Gasteiger partial charge in [-0.2, -0.15) is 0 Å². The van der Waals surface area contributed by atoms with Gasteiger partial charge in [0.1, 0.15) is 0 Å². The number of hydrogen-bond acceptors (Lipinski definition) is 2. The van der Waals surface area contributed by atoms with Gasteiger partial charge in [0.05, 0.1) is 12.7 Å². The molecule has 1 saturated carbocycles. The summed E-state index contributed by atoms with van der Waals surface area (Å²) in [7, 11) is 1.66. The van der Waals surface area contributed by atoms with Crippen molar-refractivity contribution in [3.63, 3.8) is 0 Å². The highest BCUT2D eigenvalue weighted by Gasteiger charge is 2.29. The van der Waals surface area contributed by atoms with Crippen LogP contribution < -0.4 is 15.5 Å². The van der Waals surface area contributed by atoms with Crippen LogP contribution in [0.2, 0.25) is 0 Å². The first-order valence-corrected chi connectivity index (χ1v) is 9.23. The van der Waals surface area contributed by atoms with Crippen molar-refractivity contribution in [2.24, 2.45) is 11.8 Å². The molecule has 1 aromatic rings. The molecule has 0 heterocycles. The summed E-state index contributed by atoms with van der Waals surface area (Å²) in [6.07, 6.45) is 3.20. The number of carbonyl (C=O) groups excluding carboxylic acids is 2. The zero-order chi connectivity index (χ0) is 20.1. The van der Waals surface area contributed by atoms with Crippen LogP contribution in [0, 0.1) is 29.3 Å². The molecule has 0 bridgehead atoms. The Morgan fingerprint density at radius 1 is 1.07 bits per heavy atom. The van der Waals surface area contributed by atoms with Crippen LogP contribution >= 0.6 is 0 Å². The van der Waals surface area contributed by atoms with Crippen LogP contribution in [0.3, 0.4) is 0 Å². The Morgan fingerprint density at radius 3 is 2.44 bits per heavy atom. The molecule has 5 nitrogen and oxygen atoms in total. The predicted molar refractivity (Wildman–Crippen MR) is 95.7 cm³/mol. The fraction of sp³-hybridized carbons (Fsp3) is 0.579. The van der Waals surface area contributed by atoms with Crippen LogP contribution in [0.5, 0.6) is 0 Å². The summed E-state index contributed by atoms with van der Waals surface area (Å²) in [6.45, 7) is 4.30. The molecular weight excluding hydrogens is 359 g/mol. The van der Waals surface area contributed by atoms with Crippen molar-refractivity contribution in [1.82, 2.24) is 5.32 Å². The van der Waals surface area contributed by atoms with Gasteiger partial charge in [-0.3, -0.25) is 9.59 Å². The van der Waals surface area contributed by atoms with Gasteiger partial charge in [-0.25, -0.2) is 13.2 Å². The predicted octanol–water partition coefficient (Wildman–Crippen LogP) is 1.50. The van der Waals surface area contributed by atoms with Gasteiger partial charge in [-0.05, 0) is 30.4 Å². The Morgan fingerprint density at radius 2 is 1.74 bits per heavy atom. The number of carbonyl (C=O) groups is 2. The summed E-state index contributed by atoms with van der Waals surface area (Å²) in [5.74, 6) is -4.18. The highest BCUT2D eigenvalue weighted by molar-refractivity contribution is 5.91. The van der Waals surface area contributed by atoms with Crippen LogP contribution in [0.4, 0.5) is 18.9 Å². The summed E-state index contributed by atoms with van der Waals surface area (Å²) in [5, 5.41) is 5.24. The molecule has 2 amide bonds. The van der Waals surface area contributed by atoms with E-state index in [1.54, 1.807) is 7.05 Å². The summed E-state index contributed by atoms with van der Waals surface area (Å²) in [6, 6.07) is 1.84.